The van der Waals surface area contributed by atoms with Gasteiger partial charge in [-0.2, -0.15) is 0 Å². The minimum atomic E-state index is -0.195. The predicted octanol–water partition coefficient (Wildman–Crippen LogP) is 3.20. The first-order chi connectivity index (χ1) is 12.6. The number of halogens is 1. The fourth-order valence-electron chi connectivity index (χ4n) is 3.11. The maximum Gasteiger partial charge on any atom is 0.317 e. The predicted molar refractivity (Wildman–Crippen MR) is 102 cm³/mol. The summed E-state index contributed by atoms with van der Waals surface area (Å²) in [6.07, 6.45) is 0.903. The molecule has 26 heavy (non-hydrogen) atoms. The monoisotopic (exact) mass is 355 g/mol. The van der Waals surface area contributed by atoms with E-state index in [1.807, 2.05) is 29.2 Å². The molecular weight excluding hydrogens is 329 g/mol. The van der Waals surface area contributed by atoms with Crippen molar-refractivity contribution >= 4 is 6.03 Å². The van der Waals surface area contributed by atoms with Crippen LogP contribution in [0.2, 0.25) is 0 Å². The maximum atomic E-state index is 12.9. The van der Waals surface area contributed by atoms with Gasteiger partial charge in [0.15, 0.2) is 0 Å². The molecule has 0 unspecified atom stereocenters. The molecule has 0 saturated carbocycles. The molecule has 3 rings (SSSR count). The lowest BCUT2D eigenvalue weighted by atomic mass is 10.1. The first kappa shape index (κ1) is 18.4. The number of hydrogen-bond acceptors (Lipinski definition) is 2. The number of aryl methyl sites for hydroxylation is 1. The number of nitrogens with one attached hydrogen (secondary N) is 1. The van der Waals surface area contributed by atoms with Crippen molar-refractivity contribution < 1.29 is 9.18 Å². The van der Waals surface area contributed by atoms with Crippen molar-refractivity contribution in [1.82, 2.24) is 15.1 Å². The quantitative estimate of drug-likeness (QED) is 0.894. The van der Waals surface area contributed by atoms with Gasteiger partial charge in [0, 0.05) is 39.3 Å². The Kier molecular flexibility index (Phi) is 6.23. The zero-order valence-electron chi connectivity index (χ0n) is 15.2. The van der Waals surface area contributed by atoms with E-state index in [1.54, 1.807) is 0 Å². The Morgan fingerprint density at radius 1 is 0.962 bits per heavy atom. The Balaban J connectivity index is 1.38. The van der Waals surface area contributed by atoms with Gasteiger partial charge in [-0.25, -0.2) is 9.18 Å². The number of hydrogen-bond donors (Lipinski definition) is 1. The van der Waals surface area contributed by atoms with E-state index < -0.39 is 0 Å². The molecule has 0 atom stereocenters. The molecule has 4 nitrogen and oxygen atoms in total. The van der Waals surface area contributed by atoms with Gasteiger partial charge in [-0.15, -0.1) is 0 Å². The summed E-state index contributed by atoms with van der Waals surface area (Å²) in [5.74, 6) is -0.195. The van der Waals surface area contributed by atoms with E-state index in [1.165, 1.54) is 17.7 Å². The van der Waals surface area contributed by atoms with Crippen LogP contribution in [0.4, 0.5) is 9.18 Å². The Hall–Kier alpha value is -2.40. The van der Waals surface area contributed by atoms with Gasteiger partial charge in [0.05, 0.1) is 0 Å². The second-order valence-electron chi connectivity index (χ2n) is 6.85. The van der Waals surface area contributed by atoms with Crippen LogP contribution in [0.1, 0.15) is 16.7 Å². The van der Waals surface area contributed by atoms with Gasteiger partial charge in [-0.3, -0.25) is 4.90 Å². The van der Waals surface area contributed by atoms with Crippen LogP contribution in [-0.4, -0.2) is 48.6 Å². The van der Waals surface area contributed by atoms with Crippen LogP contribution in [0.25, 0.3) is 0 Å². The van der Waals surface area contributed by atoms with Crippen LogP contribution < -0.4 is 5.32 Å². The Morgan fingerprint density at radius 3 is 2.23 bits per heavy atom. The fourth-order valence-corrected chi connectivity index (χ4v) is 3.11. The number of amides is 2. The average Bonchev–Trinajstić information content (AvgIpc) is 2.67. The lowest BCUT2D eigenvalue weighted by Crippen LogP contribution is -2.51. The molecule has 2 amide bonds. The second-order valence-corrected chi connectivity index (χ2v) is 6.85. The molecule has 2 aromatic carbocycles. The lowest BCUT2D eigenvalue weighted by Gasteiger charge is -2.34. The molecule has 1 heterocycles. The Morgan fingerprint density at radius 2 is 1.58 bits per heavy atom. The Labute approximate surface area is 154 Å². The molecule has 1 aliphatic heterocycles. The van der Waals surface area contributed by atoms with Crippen LogP contribution in [0, 0.1) is 12.7 Å². The van der Waals surface area contributed by atoms with E-state index in [0.717, 1.165) is 50.3 Å². The minimum absolute atomic E-state index is 0.00348. The van der Waals surface area contributed by atoms with E-state index in [-0.39, 0.29) is 11.8 Å². The molecule has 138 valence electrons. The van der Waals surface area contributed by atoms with Gasteiger partial charge in [0.1, 0.15) is 5.82 Å². The molecule has 1 fully saturated rings. The topological polar surface area (TPSA) is 35.6 Å². The first-order valence-corrected chi connectivity index (χ1v) is 9.15. The van der Waals surface area contributed by atoms with Crippen LogP contribution >= 0.6 is 0 Å². The van der Waals surface area contributed by atoms with Crippen molar-refractivity contribution in [3.05, 3.63) is 71.0 Å². The van der Waals surface area contributed by atoms with Crippen LogP contribution in [0.3, 0.4) is 0 Å². The molecule has 5 heteroatoms. The molecule has 0 aromatic heterocycles. The fraction of sp³-hybridized carbons (Fsp3) is 0.381. The maximum absolute atomic E-state index is 12.9. The van der Waals surface area contributed by atoms with E-state index in [2.05, 4.69) is 29.3 Å². The number of piperazine rings is 1. The van der Waals surface area contributed by atoms with Crippen LogP contribution in [0.15, 0.2) is 48.5 Å². The lowest BCUT2D eigenvalue weighted by molar-refractivity contribution is 0.140. The molecule has 1 saturated heterocycles. The number of carbonyl (C=O) groups is 1. The van der Waals surface area contributed by atoms with Gasteiger partial charge < -0.3 is 10.2 Å². The van der Waals surface area contributed by atoms with Crippen molar-refractivity contribution in [3.63, 3.8) is 0 Å². The summed E-state index contributed by atoms with van der Waals surface area (Å²) in [5, 5.41) is 3.00. The highest BCUT2D eigenvalue weighted by atomic mass is 19.1. The smallest absolute Gasteiger partial charge is 0.317 e. The van der Waals surface area contributed by atoms with Crippen LogP contribution in [0.5, 0.6) is 0 Å². The number of rotatable bonds is 5. The normalized spacial score (nSPS) is 15.1. The molecule has 0 aliphatic carbocycles. The standard InChI is InChI=1S/C21H26FN3O/c1-17-2-4-19(5-3-17)16-23-21(26)25-14-12-24(13-15-25)11-10-18-6-8-20(22)9-7-18/h2-9H,10-16H2,1H3,(H,23,26). The second kappa shape index (κ2) is 8.81. The molecule has 0 bridgehead atoms. The zero-order valence-corrected chi connectivity index (χ0v) is 15.2. The summed E-state index contributed by atoms with van der Waals surface area (Å²) in [5.41, 5.74) is 3.48. The summed E-state index contributed by atoms with van der Waals surface area (Å²) < 4.78 is 12.9. The number of carbonyl (C=O) groups excluding carboxylic acids is 1. The van der Waals surface area contributed by atoms with Gasteiger partial charge in [-0.1, -0.05) is 42.0 Å². The molecule has 0 spiro atoms. The van der Waals surface area contributed by atoms with E-state index in [0.29, 0.717) is 6.54 Å². The third-order valence-corrected chi connectivity index (χ3v) is 4.85. The largest absolute Gasteiger partial charge is 0.334 e. The number of benzene rings is 2. The minimum Gasteiger partial charge on any atom is -0.334 e. The zero-order chi connectivity index (χ0) is 18.4. The van der Waals surface area contributed by atoms with Crippen LogP contribution in [-0.2, 0) is 13.0 Å². The molecule has 1 N–H and O–H groups in total. The molecule has 0 radical (unpaired) electrons. The third kappa shape index (κ3) is 5.30. The highest BCUT2D eigenvalue weighted by molar-refractivity contribution is 5.74. The summed E-state index contributed by atoms with van der Waals surface area (Å²) in [7, 11) is 0. The van der Waals surface area contributed by atoms with E-state index >= 15 is 0 Å². The molecular formula is C21H26FN3O. The summed E-state index contributed by atoms with van der Waals surface area (Å²) in [6, 6.07) is 14.9. The highest BCUT2D eigenvalue weighted by Gasteiger charge is 2.20. The average molecular weight is 355 g/mol. The number of nitrogens with zero attached hydrogens (tertiary/aromatic N) is 2. The highest BCUT2D eigenvalue weighted by Crippen LogP contribution is 2.08. The van der Waals surface area contributed by atoms with Crippen molar-refractivity contribution in [2.75, 3.05) is 32.7 Å². The SMILES string of the molecule is Cc1ccc(CNC(=O)N2CCN(CCc3ccc(F)cc3)CC2)cc1. The molecule has 2 aromatic rings. The summed E-state index contributed by atoms with van der Waals surface area (Å²) in [4.78, 5) is 16.5. The third-order valence-electron chi connectivity index (χ3n) is 4.85. The van der Waals surface area contributed by atoms with Crippen molar-refractivity contribution in [2.24, 2.45) is 0 Å². The van der Waals surface area contributed by atoms with E-state index in [4.69, 9.17) is 0 Å². The van der Waals surface area contributed by atoms with Gasteiger partial charge in [-0.05, 0) is 36.6 Å². The van der Waals surface area contributed by atoms with Crippen molar-refractivity contribution in [3.8, 4) is 0 Å². The summed E-state index contributed by atoms with van der Waals surface area (Å²) >= 11 is 0. The number of urea groups is 1. The first-order valence-electron chi connectivity index (χ1n) is 9.15. The van der Waals surface area contributed by atoms with Gasteiger partial charge in [0.25, 0.3) is 0 Å². The van der Waals surface area contributed by atoms with E-state index in [9.17, 15) is 9.18 Å². The van der Waals surface area contributed by atoms with Crippen molar-refractivity contribution in [2.45, 2.75) is 19.9 Å². The Bertz CT molecular complexity index is 707. The van der Waals surface area contributed by atoms with Crippen molar-refractivity contribution in [1.29, 1.82) is 0 Å². The van der Waals surface area contributed by atoms with Gasteiger partial charge in [0.2, 0.25) is 0 Å². The van der Waals surface area contributed by atoms with Gasteiger partial charge >= 0.3 is 6.03 Å². The summed E-state index contributed by atoms with van der Waals surface area (Å²) in [6.45, 7) is 6.77. The molecule has 1 aliphatic rings.